The number of thioether (sulfide) groups is 1. The number of aromatic nitrogens is 2. The number of hydrogen-bond donors (Lipinski definition) is 0. The molecule has 1 aliphatic rings. The normalized spacial score (nSPS) is 15.2. The number of alkyl halides is 3. The quantitative estimate of drug-likeness (QED) is 0.601. The van der Waals surface area contributed by atoms with Crippen LogP contribution >= 0.6 is 11.8 Å². The Morgan fingerprint density at radius 1 is 1.04 bits per heavy atom. The number of piperazine rings is 1. The van der Waals surface area contributed by atoms with Crippen LogP contribution in [-0.2, 0) is 11.0 Å². The third-order valence-electron chi connectivity index (χ3n) is 4.06. The van der Waals surface area contributed by atoms with E-state index in [1.807, 2.05) is 4.90 Å². The molecule has 0 aliphatic carbocycles. The molecule has 1 aromatic carbocycles. The number of carbonyl (C=O) groups is 1. The molecule has 1 fully saturated rings. The lowest BCUT2D eigenvalue weighted by Crippen LogP contribution is -2.49. The standard InChI is InChI=1S/C17H17F3N4OS/c18-17(19,20)13-2-4-14(5-3-13)23-8-10-24(11-9-23)15(25)12-26-16-21-6-1-7-22-16/h1-7H,8-12H2. The van der Waals surface area contributed by atoms with Crippen molar-refractivity contribution < 1.29 is 18.0 Å². The van der Waals surface area contributed by atoms with Gasteiger partial charge in [-0.05, 0) is 30.3 Å². The number of rotatable bonds is 4. The van der Waals surface area contributed by atoms with Crippen molar-refractivity contribution in [1.29, 1.82) is 0 Å². The number of benzene rings is 1. The van der Waals surface area contributed by atoms with Crippen LogP contribution in [0.3, 0.4) is 0 Å². The van der Waals surface area contributed by atoms with E-state index < -0.39 is 11.7 Å². The minimum atomic E-state index is -4.33. The largest absolute Gasteiger partial charge is 0.416 e. The van der Waals surface area contributed by atoms with E-state index in [4.69, 9.17) is 0 Å². The van der Waals surface area contributed by atoms with Gasteiger partial charge in [-0.3, -0.25) is 4.79 Å². The van der Waals surface area contributed by atoms with E-state index in [9.17, 15) is 18.0 Å². The van der Waals surface area contributed by atoms with Gasteiger partial charge in [0.25, 0.3) is 0 Å². The maximum absolute atomic E-state index is 12.6. The monoisotopic (exact) mass is 382 g/mol. The van der Waals surface area contributed by atoms with Gasteiger partial charge in [0.1, 0.15) is 0 Å². The van der Waals surface area contributed by atoms with Crippen LogP contribution in [0.15, 0.2) is 47.9 Å². The summed E-state index contributed by atoms with van der Waals surface area (Å²) >= 11 is 1.29. The summed E-state index contributed by atoms with van der Waals surface area (Å²) in [4.78, 5) is 24.1. The van der Waals surface area contributed by atoms with Gasteiger partial charge in [0.2, 0.25) is 5.91 Å². The minimum absolute atomic E-state index is 0.00882. The highest BCUT2D eigenvalue weighted by molar-refractivity contribution is 7.99. The second-order valence-corrected chi connectivity index (χ2v) is 6.68. The molecular weight excluding hydrogens is 365 g/mol. The number of halogens is 3. The lowest BCUT2D eigenvalue weighted by molar-refractivity contribution is -0.137. The van der Waals surface area contributed by atoms with Crippen molar-refractivity contribution in [3.8, 4) is 0 Å². The van der Waals surface area contributed by atoms with Gasteiger partial charge in [-0.15, -0.1) is 0 Å². The number of anilines is 1. The first kappa shape index (κ1) is 18.5. The van der Waals surface area contributed by atoms with Gasteiger partial charge in [-0.25, -0.2) is 9.97 Å². The van der Waals surface area contributed by atoms with Crippen molar-refractivity contribution in [3.63, 3.8) is 0 Å². The molecule has 0 unspecified atom stereocenters. The molecule has 0 saturated carbocycles. The lowest BCUT2D eigenvalue weighted by atomic mass is 10.1. The Morgan fingerprint density at radius 3 is 2.23 bits per heavy atom. The Balaban J connectivity index is 1.50. The van der Waals surface area contributed by atoms with Crippen molar-refractivity contribution in [2.75, 3.05) is 36.8 Å². The van der Waals surface area contributed by atoms with Crippen LogP contribution in [0.5, 0.6) is 0 Å². The first-order valence-electron chi connectivity index (χ1n) is 8.03. The van der Waals surface area contributed by atoms with Crippen LogP contribution in [0, 0.1) is 0 Å². The molecule has 138 valence electrons. The van der Waals surface area contributed by atoms with Gasteiger partial charge in [0.05, 0.1) is 11.3 Å². The molecule has 5 nitrogen and oxygen atoms in total. The smallest absolute Gasteiger partial charge is 0.368 e. The average molecular weight is 382 g/mol. The van der Waals surface area contributed by atoms with Gasteiger partial charge in [-0.2, -0.15) is 13.2 Å². The topological polar surface area (TPSA) is 49.3 Å². The second-order valence-electron chi connectivity index (χ2n) is 5.73. The molecule has 0 atom stereocenters. The van der Waals surface area contributed by atoms with E-state index in [1.165, 1.54) is 23.9 Å². The third kappa shape index (κ3) is 4.66. The summed E-state index contributed by atoms with van der Waals surface area (Å²) in [5.74, 6) is 0.277. The van der Waals surface area contributed by atoms with Crippen molar-refractivity contribution in [1.82, 2.24) is 14.9 Å². The first-order chi connectivity index (χ1) is 12.4. The molecule has 0 N–H and O–H groups in total. The summed E-state index contributed by atoms with van der Waals surface area (Å²) in [7, 11) is 0. The molecule has 1 amide bonds. The number of carbonyl (C=O) groups excluding carboxylic acids is 1. The van der Waals surface area contributed by atoms with Crippen LogP contribution in [-0.4, -0.2) is 52.7 Å². The Kier molecular flexibility index (Phi) is 5.65. The molecule has 0 radical (unpaired) electrons. The van der Waals surface area contributed by atoms with Gasteiger partial charge in [0, 0.05) is 44.3 Å². The molecule has 0 spiro atoms. The van der Waals surface area contributed by atoms with Crippen LogP contribution in [0.25, 0.3) is 0 Å². The van der Waals surface area contributed by atoms with Crippen molar-refractivity contribution in [2.24, 2.45) is 0 Å². The zero-order valence-electron chi connectivity index (χ0n) is 13.8. The highest BCUT2D eigenvalue weighted by atomic mass is 32.2. The molecular formula is C17H17F3N4OS. The number of nitrogens with zero attached hydrogens (tertiary/aromatic N) is 4. The average Bonchev–Trinajstić information content (AvgIpc) is 2.66. The van der Waals surface area contributed by atoms with Gasteiger partial charge in [0.15, 0.2) is 5.16 Å². The molecule has 9 heteroatoms. The van der Waals surface area contributed by atoms with E-state index >= 15 is 0 Å². The van der Waals surface area contributed by atoms with E-state index in [1.54, 1.807) is 23.4 Å². The molecule has 1 aliphatic heterocycles. The summed E-state index contributed by atoms with van der Waals surface area (Å²) in [6.45, 7) is 2.25. The molecule has 2 aromatic rings. The van der Waals surface area contributed by atoms with Crippen LogP contribution in [0.4, 0.5) is 18.9 Å². The highest BCUT2D eigenvalue weighted by Crippen LogP contribution is 2.30. The molecule has 1 aromatic heterocycles. The summed E-state index contributed by atoms with van der Waals surface area (Å²) in [6.07, 6.45) is -1.07. The SMILES string of the molecule is O=C(CSc1ncccn1)N1CCN(c2ccc(C(F)(F)F)cc2)CC1. The maximum atomic E-state index is 12.6. The summed E-state index contributed by atoms with van der Waals surface area (Å²) in [5.41, 5.74) is 0.0763. The zero-order chi connectivity index (χ0) is 18.6. The number of hydrogen-bond acceptors (Lipinski definition) is 5. The molecule has 2 heterocycles. The maximum Gasteiger partial charge on any atom is 0.416 e. The molecule has 0 bridgehead atoms. The fourth-order valence-electron chi connectivity index (χ4n) is 2.65. The van der Waals surface area contributed by atoms with Crippen molar-refractivity contribution in [3.05, 3.63) is 48.3 Å². The van der Waals surface area contributed by atoms with E-state index in [0.717, 1.165) is 17.8 Å². The van der Waals surface area contributed by atoms with Crippen LogP contribution in [0.1, 0.15) is 5.56 Å². The third-order valence-corrected chi connectivity index (χ3v) is 4.92. The van der Waals surface area contributed by atoms with E-state index in [0.29, 0.717) is 31.3 Å². The fraction of sp³-hybridized carbons (Fsp3) is 0.353. The van der Waals surface area contributed by atoms with E-state index in [2.05, 4.69) is 9.97 Å². The first-order valence-corrected chi connectivity index (χ1v) is 9.02. The fourth-order valence-corrected chi connectivity index (χ4v) is 3.36. The predicted octanol–water partition coefficient (Wildman–Crippen LogP) is 2.94. The van der Waals surface area contributed by atoms with Crippen molar-refractivity contribution >= 4 is 23.4 Å². The lowest BCUT2D eigenvalue weighted by Gasteiger charge is -2.36. The van der Waals surface area contributed by atoms with Crippen molar-refractivity contribution in [2.45, 2.75) is 11.3 Å². The van der Waals surface area contributed by atoms with Gasteiger partial charge >= 0.3 is 6.18 Å². The van der Waals surface area contributed by atoms with Crippen LogP contribution in [0.2, 0.25) is 0 Å². The summed E-state index contributed by atoms with van der Waals surface area (Å²) in [6, 6.07) is 6.84. The second kappa shape index (κ2) is 7.94. The van der Waals surface area contributed by atoms with E-state index in [-0.39, 0.29) is 11.7 Å². The van der Waals surface area contributed by atoms with Gasteiger partial charge < -0.3 is 9.80 Å². The Bertz CT molecular complexity index is 732. The predicted molar refractivity (Wildman–Crippen MR) is 93.0 cm³/mol. The number of amides is 1. The molecule has 1 saturated heterocycles. The Hall–Kier alpha value is -2.29. The minimum Gasteiger partial charge on any atom is -0.368 e. The van der Waals surface area contributed by atoms with Gasteiger partial charge in [-0.1, -0.05) is 11.8 Å². The zero-order valence-corrected chi connectivity index (χ0v) is 14.6. The summed E-state index contributed by atoms with van der Waals surface area (Å²) < 4.78 is 37.9. The Morgan fingerprint density at radius 2 is 1.65 bits per heavy atom. The highest BCUT2D eigenvalue weighted by Gasteiger charge is 2.30. The van der Waals surface area contributed by atoms with Crippen LogP contribution < -0.4 is 4.90 Å². The Labute approximate surface area is 153 Å². The molecule has 3 rings (SSSR count). The molecule has 26 heavy (non-hydrogen) atoms. The summed E-state index contributed by atoms with van der Waals surface area (Å²) in [5, 5.41) is 0.559.